The Labute approximate surface area is 76.7 Å². The molecule has 66 valence electrons. The molecule has 0 fully saturated rings. The lowest BCUT2D eigenvalue weighted by atomic mass is 10.2. The molecule has 1 aromatic carbocycles. The van der Waals surface area contributed by atoms with E-state index in [9.17, 15) is 4.57 Å². The van der Waals surface area contributed by atoms with E-state index in [1.54, 1.807) is 0 Å². The van der Waals surface area contributed by atoms with Crippen LogP contribution in [0.15, 0.2) is 30.3 Å². The second kappa shape index (κ2) is 4.08. The number of rotatable bonds is 3. The minimum Gasteiger partial charge on any atom is -0.313 e. The zero-order chi connectivity index (χ0) is 9.03. The molecule has 0 radical (unpaired) electrons. The van der Waals surface area contributed by atoms with Crippen molar-refractivity contribution >= 4 is 18.0 Å². The molecule has 12 heavy (non-hydrogen) atoms. The van der Waals surface area contributed by atoms with Crippen LogP contribution in [0.1, 0.15) is 5.56 Å². The van der Waals surface area contributed by atoms with Gasteiger partial charge in [-0.2, -0.15) is 0 Å². The van der Waals surface area contributed by atoms with Gasteiger partial charge in [0.1, 0.15) is 0 Å². The van der Waals surface area contributed by atoms with E-state index >= 15 is 0 Å². The number of hydrogen-bond donors (Lipinski definition) is 0. The van der Waals surface area contributed by atoms with Gasteiger partial charge in [-0.1, -0.05) is 30.3 Å². The summed E-state index contributed by atoms with van der Waals surface area (Å²) in [6.45, 7) is -1.17. The van der Waals surface area contributed by atoms with Crippen LogP contribution in [0.25, 0.3) is 0 Å². The lowest BCUT2D eigenvalue weighted by Crippen LogP contribution is -1.86. The van der Waals surface area contributed by atoms with E-state index in [-0.39, 0.29) is 0 Å². The molecule has 0 spiro atoms. The predicted molar refractivity (Wildman–Crippen MR) is 50.6 cm³/mol. The minimum atomic E-state index is -2.86. The van der Waals surface area contributed by atoms with Crippen LogP contribution in [-0.2, 0) is 15.7 Å². The van der Waals surface area contributed by atoms with Crippen LogP contribution in [-0.4, -0.2) is 6.66 Å². The molecule has 0 aliphatic carbocycles. The van der Waals surface area contributed by atoms with E-state index in [0.29, 0.717) is 6.61 Å². The van der Waals surface area contributed by atoms with Crippen molar-refractivity contribution in [1.29, 1.82) is 0 Å². The molecule has 1 unspecified atom stereocenters. The van der Waals surface area contributed by atoms with Gasteiger partial charge in [0.05, 0.1) is 6.61 Å². The minimum absolute atomic E-state index is 0.304. The third-order valence-electron chi connectivity index (χ3n) is 1.30. The molecule has 0 saturated heterocycles. The van der Waals surface area contributed by atoms with Gasteiger partial charge in [-0.3, -0.25) is 4.57 Å². The third-order valence-corrected chi connectivity index (χ3v) is 2.19. The van der Waals surface area contributed by atoms with Gasteiger partial charge in [-0.15, -0.1) is 0 Å². The smallest absolute Gasteiger partial charge is 0.287 e. The summed E-state index contributed by atoms with van der Waals surface area (Å²) in [7, 11) is 0. The molecular weight excluding hydrogens is 195 g/mol. The molecule has 2 nitrogen and oxygen atoms in total. The van der Waals surface area contributed by atoms with Crippen molar-refractivity contribution < 1.29 is 9.09 Å². The highest BCUT2D eigenvalue weighted by Crippen LogP contribution is 2.48. The van der Waals surface area contributed by atoms with Gasteiger partial charge in [-0.25, -0.2) is 0 Å². The van der Waals surface area contributed by atoms with Crippen molar-refractivity contribution in [3.8, 4) is 0 Å². The standard InChI is InChI=1S/C8H10ClO2P/c1-12(9,10)11-7-8-5-3-2-4-6-8/h2-6H,7H2,1H3. The second-order valence-corrected chi connectivity index (χ2v) is 6.10. The first kappa shape index (κ1) is 9.79. The zero-order valence-corrected chi connectivity index (χ0v) is 8.39. The maximum Gasteiger partial charge on any atom is 0.287 e. The quantitative estimate of drug-likeness (QED) is 0.707. The van der Waals surface area contributed by atoms with E-state index in [1.165, 1.54) is 6.66 Å². The number of hydrogen-bond acceptors (Lipinski definition) is 2. The SMILES string of the molecule is CP(=O)(Cl)OCc1ccccc1. The fourth-order valence-electron chi connectivity index (χ4n) is 0.764. The van der Waals surface area contributed by atoms with E-state index in [0.717, 1.165) is 5.56 Å². The summed E-state index contributed by atoms with van der Waals surface area (Å²) in [5.74, 6) is 0. The topological polar surface area (TPSA) is 26.3 Å². The molecule has 1 aromatic rings. The molecule has 0 aliphatic heterocycles. The second-order valence-electron chi connectivity index (χ2n) is 2.51. The van der Waals surface area contributed by atoms with E-state index in [1.807, 2.05) is 30.3 Å². The van der Waals surface area contributed by atoms with Crippen molar-refractivity contribution in [3.05, 3.63) is 35.9 Å². The number of benzene rings is 1. The van der Waals surface area contributed by atoms with Crippen LogP contribution in [0.5, 0.6) is 0 Å². The molecule has 0 aromatic heterocycles. The Bertz CT molecular complexity index is 280. The molecule has 1 atom stereocenters. The highest BCUT2D eigenvalue weighted by atomic mass is 35.7. The van der Waals surface area contributed by atoms with Gasteiger partial charge < -0.3 is 4.52 Å². The maximum absolute atomic E-state index is 10.9. The Kier molecular flexibility index (Phi) is 3.33. The molecule has 0 heterocycles. The molecular formula is C8H10ClO2P. The highest BCUT2D eigenvalue weighted by molar-refractivity contribution is 7.84. The third kappa shape index (κ3) is 3.91. The molecule has 0 amide bonds. The van der Waals surface area contributed by atoms with Gasteiger partial charge in [0.25, 0.3) is 6.72 Å². The predicted octanol–water partition coefficient (Wildman–Crippen LogP) is 3.26. The average Bonchev–Trinajstić information content (AvgIpc) is 2.02. The summed E-state index contributed by atoms with van der Waals surface area (Å²) in [5.41, 5.74) is 0.972. The van der Waals surface area contributed by atoms with Crippen molar-refractivity contribution in [3.63, 3.8) is 0 Å². The fraction of sp³-hybridized carbons (Fsp3) is 0.250. The summed E-state index contributed by atoms with van der Waals surface area (Å²) in [6, 6.07) is 9.50. The van der Waals surface area contributed by atoms with E-state index < -0.39 is 6.72 Å². The first-order valence-electron chi connectivity index (χ1n) is 3.53. The first-order chi connectivity index (χ1) is 5.58. The Balaban J connectivity index is 2.50. The average molecular weight is 205 g/mol. The summed E-state index contributed by atoms with van der Waals surface area (Å²) < 4.78 is 15.9. The Morgan fingerprint density at radius 1 is 1.42 bits per heavy atom. The van der Waals surface area contributed by atoms with Crippen LogP contribution < -0.4 is 0 Å². The van der Waals surface area contributed by atoms with E-state index in [2.05, 4.69) is 0 Å². The molecule has 0 bridgehead atoms. The van der Waals surface area contributed by atoms with Gasteiger partial charge in [-0.05, 0) is 16.8 Å². The largest absolute Gasteiger partial charge is 0.313 e. The summed E-state index contributed by atoms with van der Waals surface area (Å²) in [6.07, 6.45) is 0. The van der Waals surface area contributed by atoms with Gasteiger partial charge in [0, 0.05) is 6.66 Å². The summed E-state index contributed by atoms with van der Waals surface area (Å²) in [4.78, 5) is 0. The van der Waals surface area contributed by atoms with Gasteiger partial charge >= 0.3 is 0 Å². The Morgan fingerprint density at radius 2 is 2.00 bits per heavy atom. The zero-order valence-electron chi connectivity index (χ0n) is 6.74. The Morgan fingerprint density at radius 3 is 2.50 bits per heavy atom. The van der Waals surface area contributed by atoms with Crippen LogP contribution >= 0.6 is 18.0 Å². The van der Waals surface area contributed by atoms with E-state index in [4.69, 9.17) is 15.8 Å². The summed E-state index contributed by atoms with van der Waals surface area (Å²) in [5, 5.41) is 0. The normalized spacial score (nSPS) is 15.5. The van der Waals surface area contributed by atoms with Crippen molar-refractivity contribution in [2.75, 3.05) is 6.66 Å². The van der Waals surface area contributed by atoms with Crippen LogP contribution in [0, 0.1) is 0 Å². The van der Waals surface area contributed by atoms with Crippen molar-refractivity contribution in [2.24, 2.45) is 0 Å². The monoisotopic (exact) mass is 204 g/mol. The summed E-state index contributed by atoms with van der Waals surface area (Å²) >= 11 is 5.42. The molecule has 0 saturated carbocycles. The van der Waals surface area contributed by atoms with Crippen LogP contribution in [0.3, 0.4) is 0 Å². The maximum atomic E-state index is 10.9. The Hall–Kier alpha value is -0.300. The molecule has 1 rings (SSSR count). The lowest BCUT2D eigenvalue weighted by Gasteiger charge is -2.05. The first-order valence-corrected chi connectivity index (χ1v) is 6.51. The fourth-order valence-corrected chi connectivity index (χ4v) is 1.29. The molecule has 0 aliphatic rings. The lowest BCUT2D eigenvalue weighted by molar-refractivity contribution is 0.317. The van der Waals surface area contributed by atoms with Gasteiger partial charge in [0.15, 0.2) is 0 Å². The molecule has 4 heteroatoms. The molecule has 0 N–H and O–H groups in total. The van der Waals surface area contributed by atoms with Crippen LogP contribution in [0.4, 0.5) is 0 Å². The number of halogens is 1. The van der Waals surface area contributed by atoms with Crippen LogP contribution in [0.2, 0.25) is 0 Å². The van der Waals surface area contributed by atoms with Crippen molar-refractivity contribution in [1.82, 2.24) is 0 Å². The highest BCUT2D eigenvalue weighted by Gasteiger charge is 2.09. The van der Waals surface area contributed by atoms with Crippen molar-refractivity contribution in [2.45, 2.75) is 6.61 Å². The van der Waals surface area contributed by atoms with Gasteiger partial charge in [0.2, 0.25) is 0 Å².